The number of hydrogen-bond donors (Lipinski definition) is 0. The summed E-state index contributed by atoms with van der Waals surface area (Å²) in [6, 6.07) is 2.66. The minimum Gasteiger partial charge on any atom is -0.298 e. The average molecular weight is 289 g/mol. The highest BCUT2D eigenvalue weighted by molar-refractivity contribution is 5.82. The normalized spacial score (nSPS) is 21.0. The molecule has 1 aromatic heterocycles. The van der Waals surface area contributed by atoms with Crippen LogP contribution in [0, 0.1) is 6.92 Å². The molecule has 0 spiro atoms. The summed E-state index contributed by atoms with van der Waals surface area (Å²) in [7, 11) is 0. The number of hydrogen-bond acceptors (Lipinski definition) is 3. The summed E-state index contributed by atoms with van der Waals surface area (Å²) >= 11 is 0. The second-order valence-electron chi connectivity index (χ2n) is 6.71. The van der Waals surface area contributed by atoms with Gasteiger partial charge in [0.15, 0.2) is 5.78 Å². The Balaban J connectivity index is 1.59. The Labute approximate surface area is 127 Å². The molecule has 0 radical (unpaired) electrons. The van der Waals surface area contributed by atoms with Crippen molar-refractivity contribution in [1.29, 1.82) is 0 Å². The Bertz CT molecular complexity index is 482. The Morgan fingerprint density at radius 1 is 1.19 bits per heavy atom. The summed E-state index contributed by atoms with van der Waals surface area (Å²) in [5.41, 5.74) is 2.17. The zero-order chi connectivity index (χ0) is 14.7. The molecule has 2 aliphatic rings. The van der Waals surface area contributed by atoms with Gasteiger partial charge in [0.05, 0.1) is 24.7 Å². The molecule has 2 heterocycles. The molecule has 0 aromatic carbocycles. The molecule has 3 rings (SSSR count). The van der Waals surface area contributed by atoms with E-state index in [1.807, 2.05) is 0 Å². The van der Waals surface area contributed by atoms with E-state index in [-0.39, 0.29) is 0 Å². The second-order valence-corrected chi connectivity index (χ2v) is 6.71. The van der Waals surface area contributed by atoms with Crippen molar-refractivity contribution in [3.63, 3.8) is 0 Å². The minimum atomic E-state index is 0.310. The Hall–Kier alpha value is -1.16. The summed E-state index contributed by atoms with van der Waals surface area (Å²) in [5.74, 6) is 0.310. The minimum absolute atomic E-state index is 0.310. The lowest BCUT2D eigenvalue weighted by Gasteiger charge is -2.23. The quantitative estimate of drug-likeness (QED) is 0.836. The number of aromatic nitrogens is 2. The third-order valence-corrected chi connectivity index (χ3v) is 4.87. The molecule has 0 atom stereocenters. The van der Waals surface area contributed by atoms with Gasteiger partial charge in [0, 0.05) is 5.69 Å². The predicted octanol–water partition coefficient (Wildman–Crippen LogP) is 2.90. The highest BCUT2D eigenvalue weighted by Crippen LogP contribution is 2.28. The Morgan fingerprint density at radius 3 is 2.62 bits per heavy atom. The smallest absolute Gasteiger partial charge is 0.152 e. The van der Waals surface area contributed by atoms with Crippen molar-refractivity contribution in [3.8, 4) is 0 Å². The molecule has 0 bridgehead atoms. The fourth-order valence-electron chi connectivity index (χ4n) is 3.78. The van der Waals surface area contributed by atoms with E-state index in [1.54, 1.807) is 0 Å². The lowest BCUT2D eigenvalue weighted by molar-refractivity contribution is -0.119. The summed E-state index contributed by atoms with van der Waals surface area (Å²) in [6.07, 6.45) is 9.44. The topological polar surface area (TPSA) is 38.1 Å². The summed E-state index contributed by atoms with van der Waals surface area (Å²) in [6.45, 7) is 4.90. The first-order valence-corrected chi connectivity index (χ1v) is 8.51. The van der Waals surface area contributed by atoms with Gasteiger partial charge in [-0.3, -0.25) is 14.4 Å². The van der Waals surface area contributed by atoms with Crippen molar-refractivity contribution in [2.75, 3.05) is 19.6 Å². The Morgan fingerprint density at radius 2 is 1.90 bits per heavy atom. The van der Waals surface area contributed by atoms with Crippen molar-refractivity contribution in [1.82, 2.24) is 14.7 Å². The molecule has 1 aromatic rings. The van der Waals surface area contributed by atoms with Gasteiger partial charge in [-0.1, -0.05) is 19.3 Å². The molecule has 1 aliphatic carbocycles. The first kappa shape index (κ1) is 14.8. The van der Waals surface area contributed by atoms with Crippen LogP contribution in [-0.2, 0) is 11.2 Å². The van der Waals surface area contributed by atoms with E-state index < -0.39 is 0 Å². The molecule has 0 amide bonds. The fraction of sp³-hybridized carbons (Fsp3) is 0.765. The lowest BCUT2D eigenvalue weighted by atomic mass is 9.95. The van der Waals surface area contributed by atoms with Crippen LogP contribution in [0.15, 0.2) is 6.07 Å². The maximum Gasteiger partial charge on any atom is 0.152 e. The number of Topliss-reactive ketones (excluding diaryl/α,β-unsaturated/α-hetero) is 1. The molecule has 2 fully saturated rings. The van der Waals surface area contributed by atoms with Crippen molar-refractivity contribution in [3.05, 3.63) is 17.5 Å². The standard InChI is InChI=1S/C17H27N3O/c1-14-11-15(12-17(21)13-19-9-5-6-10-19)18-20(14)16-7-3-2-4-8-16/h11,16H,2-10,12-13H2,1H3. The van der Waals surface area contributed by atoms with Gasteiger partial charge in [0.1, 0.15) is 0 Å². The van der Waals surface area contributed by atoms with Gasteiger partial charge in [-0.25, -0.2) is 0 Å². The van der Waals surface area contributed by atoms with Crippen LogP contribution in [0.1, 0.15) is 62.4 Å². The molecular formula is C17H27N3O. The van der Waals surface area contributed by atoms with Crippen molar-refractivity contribution in [2.45, 2.75) is 64.3 Å². The second kappa shape index (κ2) is 6.73. The predicted molar refractivity (Wildman–Crippen MR) is 83.5 cm³/mol. The number of nitrogens with zero attached hydrogens (tertiary/aromatic N) is 3. The molecule has 1 aliphatic heterocycles. The van der Waals surface area contributed by atoms with Gasteiger partial charge < -0.3 is 0 Å². The van der Waals surface area contributed by atoms with Crippen LogP contribution in [0.25, 0.3) is 0 Å². The molecule has 0 N–H and O–H groups in total. The molecule has 21 heavy (non-hydrogen) atoms. The van der Waals surface area contributed by atoms with Gasteiger partial charge in [-0.05, 0) is 51.8 Å². The first-order valence-electron chi connectivity index (χ1n) is 8.51. The van der Waals surface area contributed by atoms with Crippen molar-refractivity contribution in [2.24, 2.45) is 0 Å². The van der Waals surface area contributed by atoms with Gasteiger partial charge in [-0.15, -0.1) is 0 Å². The molecule has 4 nitrogen and oxygen atoms in total. The Kier molecular flexibility index (Phi) is 4.73. The van der Waals surface area contributed by atoms with Crippen LogP contribution in [0.2, 0.25) is 0 Å². The number of ketones is 1. The molecule has 1 saturated carbocycles. The van der Waals surface area contributed by atoms with Crippen molar-refractivity contribution < 1.29 is 4.79 Å². The number of carbonyl (C=O) groups is 1. The zero-order valence-corrected chi connectivity index (χ0v) is 13.2. The van der Waals surface area contributed by atoms with E-state index in [1.165, 1.54) is 50.6 Å². The summed E-state index contributed by atoms with van der Waals surface area (Å²) in [4.78, 5) is 14.4. The van der Waals surface area contributed by atoms with Crippen LogP contribution in [-0.4, -0.2) is 40.1 Å². The average Bonchev–Trinajstić information content (AvgIpc) is 3.09. The highest BCUT2D eigenvalue weighted by atomic mass is 16.1. The van der Waals surface area contributed by atoms with Gasteiger partial charge in [-0.2, -0.15) is 5.10 Å². The van der Waals surface area contributed by atoms with Gasteiger partial charge in [0.25, 0.3) is 0 Å². The largest absolute Gasteiger partial charge is 0.298 e. The molecule has 0 unspecified atom stereocenters. The van der Waals surface area contributed by atoms with E-state index in [4.69, 9.17) is 5.10 Å². The van der Waals surface area contributed by atoms with Gasteiger partial charge >= 0.3 is 0 Å². The van der Waals surface area contributed by atoms with Crippen LogP contribution in [0.5, 0.6) is 0 Å². The lowest BCUT2D eigenvalue weighted by Crippen LogP contribution is -2.27. The number of carbonyl (C=O) groups excluding carboxylic acids is 1. The van der Waals surface area contributed by atoms with E-state index in [0.29, 0.717) is 24.8 Å². The maximum atomic E-state index is 12.2. The third-order valence-electron chi connectivity index (χ3n) is 4.87. The first-order chi connectivity index (χ1) is 10.2. The fourth-order valence-corrected chi connectivity index (χ4v) is 3.78. The highest BCUT2D eigenvalue weighted by Gasteiger charge is 2.20. The maximum absolute atomic E-state index is 12.2. The third kappa shape index (κ3) is 3.73. The van der Waals surface area contributed by atoms with E-state index in [2.05, 4.69) is 22.6 Å². The van der Waals surface area contributed by atoms with E-state index in [0.717, 1.165) is 18.8 Å². The number of rotatable bonds is 5. The monoisotopic (exact) mass is 289 g/mol. The summed E-state index contributed by atoms with van der Waals surface area (Å²) < 4.78 is 2.18. The van der Waals surface area contributed by atoms with Crippen molar-refractivity contribution >= 4 is 5.78 Å². The number of likely N-dealkylation sites (tertiary alicyclic amines) is 1. The van der Waals surface area contributed by atoms with Gasteiger partial charge in [0.2, 0.25) is 0 Å². The summed E-state index contributed by atoms with van der Waals surface area (Å²) in [5, 5.41) is 4.73. The zero-order valence-electron chi connectivity index (χ0n) is 13.2. The molecule has 1 saturated heterocycles. The van der Waals surface area contributed by atoms with Crippen LogP contribution >= 0.6 is 0 Å². The van der Waals surface area contributed by atoms with E-state index >= 15 is 0 Å². The van der Waals surface area contributed by atoms with Crippen LogP contribution in [0.3, 0.4) is 0 Å². The molecule has 116 valence electrons. The van der Waals surface area contributed by atoms with Crippen LogP contribution in [0.4, 0.5) is 0 Å². The molecule has 4 heteroatoms. The van der Waals surface area contributed by atoms with Crippen LogP contribution < -0.4 is 0 Å². The number of aryl methyl sites for hydroxylation is 1. The SMILES string of the molecule is Cc1cc(CC(=O)CN2CCCC2)nn1C1CCCCC1. The van der Waals surface area contributed by atoms with E-state index in [9.17, 15) is 4.79 Å². The molecular weight excluding hydrogens is 262 g/mol.